The molecule has 0 spiro atoms. The molecule has 0 fully saturated rings. The number of nitrogens with two attached hydrogens (primary N) is 1. The average Bonchev–Trinajstić information content (AvgIpc) is 2.38. The molecule has 17 heavy (non-hydrogen) atoms. The van der Waals surface area contributed by atoms with Crippen LogP contribution in [0.15, 0.2) is 47.5 Å². The quantitative estimate of drug-likeness (QED) is 0.663. The molecule has 0 saturated heterocycles. The van der Waals surface area contributed by atoms with Gasteiger partial charge in [0, 0.05) is 22.5 Å². The number of hydrogen-bond donors (Lipinski definition) is 1. The van der Waals surface area contributed by atoms with Crippen molar-refractivity contribution in [2.45, 2.75) is 10.6 Å². The van der Waals surface area contributed by atoms with E-state index in [-0.39, 0.29) is 0 Å². The minimum Gasteiger partial charge on any atom is -0.399 e. The third kappa shape index (κ3) is 2.99. The van der Waals surface area contributed by atoms with Gasteiger partial charge in [-0.1, -0.05) is 6.07 Å². The number of anilines is 1. The molecule has 0 bridgehead atoms. The van der Waals surface area contributed by atoms with Crippen LogP contribution in [0.4, 0.5) is 5.69 Å². The minimum atomic E-state index is 0.496. The van der Waals surface area contributed by atoms with E-state index >= 15 is 0 Å². The Hall–Kier alpha value is -1.99. The third-order valence-electron chi connectivity index (χ3n) is 2.27. The molecule has 0 atom stereocenters. The van der Waals surface area contributed by atoms with Gasteiger partial charge in [-0.3, -0.25) is 0 Å². The fourth-order valence-electron chi connectivity index (χ4n) is 1.38. The van der Waals surface area contributed by atoms with Crippen molar-refractivity contribution in [3.8, 4) is 6.07 Å². The van der Waals surface area contributed by atoms with E-state index in [4.69, 9.17) is 11.0 Å². The molecule has 0 radical (unpaired) electrons. The third-order valence-corrected chi connectivity index (χ3v) is 3.33. The van der Waals surface area contributed by atoms with Crippen LogP contribution in [0.1, 0.15) is 11.3 Å². The van der Waals surface area contributed by atoms with E-state index in [0.717, 1.165) is 21.9 Å². The fourth-order valence-corrected chi connectivity index (χ4v) is 2.26. The minimum absolute atomic E-state index is 0.496. The summed E-state index contributed by atoms with van der Waals surface area (Å²) in [5, 5.41) is 8.91. The molecule has 2 rings (SSSR count). The monoisotopic (exact) mass is 241 g/mol. The molecule has 1 aromatic heterocycles. The zero-order valence-electron chi connectivity index (χ0n) is 9.13. The van der Waals surface area contributed by atoms with E-state index < -0.39 is 0 Å². The zero-order chi connectivity index (χ0) is 12.1. The van der Waals surface area contributed by atoms with Crippen LogP contribution < -0.4 is 5.73 Å². The van der Waals surface area contributed by atoms with E-state index in [1.54, 1.807) is 18.0 Å². The number of benzene rings is 1. The van der Waals surface area contributed by atoms with Gasteiger partial charge < -0.3 is 5.73 Å². The van der Waals surface area contributed by atoms with Crippen molar-refractivity contribution in [3.05, 3.63) is 53.9 Å². The summed E-state index contributed by atoms with van der Waals surface area (Å²) in [7, 11) is 0. The standard InChI is InChI=1S/C13H11N3S/c14-8-13-10(2-1-7-16-13)9-17-12-5-3-11(15)4-6-12/h1-7H,9,15H2. The highest BCUT2D eigenvalue weighted by molar-refractivity contribution is 7.98. The van der Waals surface area contributed by atoms with Crippen LogP contribution in [-0.4, -0.2) is 4.98 Å². The van der Waals surface area contributed by atoms with Crippen molar-refractivity contribution in [3.63, 3.8) is 0 Å². The first-order valence-corrected chi connectivity index (χ1v) is 6.10. The van der Waals surface area contributed by atoms with Gasteiger partial charge in [0.05, 0.1) is 0 Å². The molecule has 2 N–H and O–H groups in total. The zero-order valence-corrected chi connectivity index (χ0v) is 9.95. The number of nitriles is 1. The average molecular weight is 241 g/mol. The lowest BCUT2D eigenvalue weighted by Crippen LogP contribution is -1.90. The lowest BCUT2D eigenvalue weighted by atomic mass is 10.2. The van der Waals surface area contributed by atoms with Gasteiger partial charge in [-0.15, -0.1) is 11.8 Å². The molecule has 0 unspecified atom stereocenters. The number of pyridine rings is 1. The van der Waals surface area contributed by atoms with Crippen molar-refractivity contribution < 1.29 is 0 Å². The van der Waals surface area contributed by atoms with Crippen LogP contribution in [0.3, 0.4) is 0 Å². The van der Waals surface area contributed by atoms with E-state index in [9.17, 15) is 0 Å². The lowest BCUT2D eigenvalue weighted by molar-refractivity contribution is 1.19. The summed E-state index contributed by atoms with van der Waals surface area (Å²) in [5.41, 5.74) is 7.83. The van der Waals surface area contributed by atoms with Crippen LogP contribution in [0, 0.1) is 11.3 Å². The topological polar surface area (TPSA) is 62.7 Å². The van der Waals surface area contributed by atoms with Gasteiger partial charge in [0.2, 0.25) is 0 Å². The normalized spacial score (nSPS) is 9.82. The SMILES string of the molecule is N#Cc1ncccc1CSc1ccc(N)cc1. The first-order valence-electron chi connectivity index (χ1n) is 5.12. The number of rotatable bonds is 3. The Morgan fingerprint density at radius 1 is 1.24 bits per heavy atom. The second-order valence-corrected chi connectivity index (χ2v) is 4.53. The van der Waals surface area contributed by atoms with Crippen molar-refractivity contribution in [1.29, 1.82) is 5.26 Å². The second-order valence-electron chi connectivity index (χ2n) is 3.48. The van der Waals surface area contributed by atoms with Gasteiger partial charge in [-0.25, -0.2) is 4.98 Å². The molecular weight excluding hydrogens is 230 g/mol. The smallest absolute Gasteiger partial charge is 0.144 e. The highest BCUT2D eigenvalue weighted by Crippen LogP contribution is 2.24. The second kappa shape index (κ2) is 5.37. The molecule has 0 aliphatic carbocycles. The molecule has 2 aromatic rings. The Morgan fingerprint density at radius 3 is 2.71 bits per heavy atom. The number of hydrogen-bond acceptors (Lipinski definition) is 4. The Balaban J connectivity index is 2.08. The van der Waals surface area contributed by atoms with Crippen LogP contribution >= 0.6 is 11.8 Å². The fraction of sp³-hybridized carbons (Fsp3) is 0.0769. The maximum absolute atomic E-state index is 8.91. The predicted octanol–water partition coefficient (Wildman–Crippen LogP) is 2.83. The molecule has 0 aliphatic rings. The van der Waals surface area contributed by atoms with Crippen molar-refractivity contribution in [2.75, 3.05) is 5.73 Å². The number of nitrogens with zero attached hydrogens (tertiary/aromatic N) is 2. The van der Waals surface area contributed by atoms with Gasteiger partial charge in [-0.2, -0.15) is 5.26 Å². The summed E-state index contributed by atoms with van der Waals surface area (Å²) >= 11 is 1.67. The van der Waals surface area contributed by atoms with Crippen LogP contribution in [-0.2, 0) is 5.75 Å². The molecule has 4 heteroatoms. The summed E-state index contributed by atoms with van der Waals surface area (Å²) in [6, 6.07) is 13.6. The molecule has 0 aliphatic heterocycles. The van der Waals surface area contributed by atoms with Crippen LogP contribution in [0.25, 0.3) is 0 Å². The van der Waals surface area contributed by atoms with E-state index in [0.29, 0.717) is 5.69 Å². The largest absolute Gasteiger partial charge is 0.399 e. The van der Waals surface area contributed by atoms with Gasteiger partial charge in [0.15, 0.2) is 0 Å². The van der Waals surface area contributed by atoms with E-state index in [1.807, 2.05) is 36.4 Å². The summed E-state index contributed by atoms with van der Waals surface area (Å²) in [4.78, 5) is 5.16. The molecular formula is C13H11N3S. The van der Waals surface area contributed by atoms with Crippen molar-refractivity contribution in [1.82, 2.24) is 4.98 Å². The maximum atomic E-state index is 8.91. The molecule has 3 nitrogen and oxygen atoms in total. The molecule has 0 saturated carbocycles. The Bertz CT molecular complexity index is 543. The summed E-state index contributed by atoms with van der Waals surface area (Å²) in [6.45, 7) is 0. The van der Waals surface area contributed by atoms with Crippen molar-refractivity contribution in [2.24, 2.45) is 0 Å². The van der Waals surface area contributed by atoms with Gasteiger partial charge in [0.1, 0.15) is 11.8 Å². The lowest BCUT2D eigenvalue weighted by Gasteiger charge is -2.03. The molecule has 84 valence electrons. The summed E-state index contributed by atoms with van der Waals surface area (Å²) < 4.78 is 0. The summed E-state index contributed by atoms with van der Waals surface area (Å²) in [6.07, 6.45) is 1.63. The highest BCUT2D eigenvalue weighted by Gasteiger charge is 2.02. The Morgan fingerprint density at radius 2 is 2.00 bits per heavy atom. The number of nitrogen functional groups attached to an aromatic ring is 1. The molecule has 0 amide bonds. The van der Waals surface area contributed by atoms with Gasteiger partial charge in [-0.05, 0) is 35.9 Å². The summed E-state index contributed by atoms with van der Waals surface area (Å²) in [5.74, 6) is 0.737. The first kappa shape index (κ1) is 11.5. The Labute approximate surface area is 104 Å². The van der Waals surface area contributed by atoms with E-state index in [2.05, 4.69) is 11.1 Å². The van der Waals surface area contributed by atoms with Gasteiger partial charge in [0.25, 0.3) is 0 Å². The predicted molar refractivity (Wildman–Crippen MR) is 69.4 cm³/mol. The van der Waals surface area contributed by atoms with Crippen LogP contribution in [0.5, 0.6) is 0 Å². The van der Waals surface area contributed by atoms with Gasteiger partial charge >= 0.3 is 0 Å². The Kier molecular flexibility index (Phi) is 3.63. The van der Waals surface area contributed by atoms with E-state index in [1.165, 1.54) is 0 Å². The first-order chi connectivity index (χ1) is 8.29. The number of thioether (sulfide) groups is 1. The highest BCUT2D eigenvalue weighted by atomic mass is 32.2. The molecule has 1 aromatic carbocycles. The number of aromatic nitrogens is 1. The van der Waals surface area contributed by atoms with Crippen molar-refractivity contribution >= 4 is 17.4 Å². The van der Waals surface area contributed by atoms with Crippen LogP contribution in [0.2, 0.25) is 0 Å². The maximum Gasteiger partial charge on any atom is 0.144 e. The molecule has 1 heterocycles.